The third-order valence-electron chi connectivity index (χ3n) is 3.75. The average Bonchev–Trinajstić information content (AvgIpc) is 3.06. The van der Waals surface area contributed by atoms with Crippen LogP contribution in [0.25, 0.3) is 11.4 Å². The van der Waals surface area contributed by atoms with Gasteiger partial charge in [0.2, 0.25) is 17.6 Å². The van der Waals surface area contributed by atoms with Gasteiger partial charge in [0.05, 0.1) is 20.8 Å². The van der Waals surface area contributed by atoms with Crippen molar-refractivity contribution >= 4 is 5.91 Å². The standard InChI is InChI=1S/C18H25N3O4/c1-7-21(17(22)18(2,3)4)11-15-19-16(20-25-15)12-8-9-13(23-5)14(10-12)24-6/h8-10H,7,11H2,1-6H3. The normalized spacial score (nSPS) is 11.3. The van der Waals surface area contributed by atoms with Crippen LogP contribution in [0.3, 0.4) is 0 Å². The Bertz CT molecular complexity index is 734. The number of ether oxygens (including phenoxy) is 2. The summed E-state index contributed by atoms with van der Waals surface area (Å²) < 4.78 is 15.8. The van der Waals surface area contributed by atoms with Crippen molar-refractivity contribution in [3.8, 4) is 22.9 Å². The fraction of sp³-hybridized carbons (Fsp3) is 0.500. The predicted octanol–water partition coefficient (Wildman–Crippen LogP) is 3.15. The maximum Gasteiger partial charge on any atom is 0.246 e. The van der Waals surface area contributed by atoms with E-state index >= 15 is 0 Å². The molecule has 2 aromatic rings. The lowest BCUT2D eigenvalue weighted by Gasteiger charge is -2.27. The molecule has 2 rings (SSSR count). The molecule has 1 amide bonds. The number of aromatic nitrogens is 2. The molecule has 0 saturated carbocycles. The molecule has 0 spiro atoms. The zero-order chi connectivity index (χ0) is 18.6. The van der Waals surface area contributed by atoms with Crippen LogP contribution in [-0.2, 0) is 11.3 Å². The van der Waals surface area contributed by atoms with E-state index in [9.17, 15) is 4.79 Å². The van der Waals surface area contributed by atoms with Crippen LogP contribution in [0.4, 0.5) is 0 Å². The van der Waals surface area contributed by atoms with Crippen molar-refractivity contribution in [2.75, 3.05) is 20.8 Å². The lowest BCUT2D eigenvalue weighted by molar-refractivity contribution is -0.140. The van der Waals surface area contributed by atoms with Crippen molar-refractivity contribution in [3.63, 3.8) is 0 Å². The summed E-state index contributed by atoms with van der Waals surface area (Å²) >= 11 is 0. The quantitative estimate of drug-likeness (QED) is 0.799. The Kier molecular flexibility index (Phi) is 5.66. The van der Waals surface area contributed by atoms with E-state index in [0.717, 1.165) is 5.56 Å². The SMILES string of the molecule is CCN(Cc1nc(-c2ccc(OC)c(OC)c2)no1)C(=O)C(C)(C)C. The van der Waals surface area contributed by atoms with Gasteiger partial charge in [-0.3, -0.25) is 4.79 Å². The largest absolute Gasteiger partial charge is 0.493 e. The minimum absolute atomic E-state index is 0.0425. The zero-order valence-electron chi connectivity index (χ0n) is 15.6. The van der Waals surface area contributed by atoms with Crippen LogP contribution < -0.4 is 9.47 Å². The Labute approximate surface area is 147 Å². The van der Waals surface area contributed by atoms with Crippen LogP contribution in [0, 0.1) is 5.41 Å². The van der Waals surface area contributed by atoms with Crippen molar-refractivity contribution in [1.82, 2.24) is 15.0 Å². The van der Waals surface area contributed by atoms with Crippen LogP contribution in [0.1, 0.15) is 33.6 Å². The fourth-order valence-corrected chi connectivity index (χ4v) is 2.38. The Balaban J connectivity index is 2.21. The molecule has 1 aromatic carbocycles. The number of benzene rings is 1. The van der Waals surface area contributed by atoms with Crippen molar-refractivity contribution in [1.29, 1.82) is 0 Å². The Morgan fingerprint density at radius 3 is 2.44 bits per heavy atom. The molecule has 0 aliphatic rings. The average molecular weight is 347 g/mol. The summed E-state index contributed by atoms with van der Waals surface area (Å²) in [5.41, 5.74) is 0.292. The first-order valence-corrected chi connectivity index (χ1v) is 8.14. The number of methoxy groups -OCH3 is 2. The highest BCUT2D eigenvalue weighted by Crippen LogP contribution is 2.31. The van der Waals surface area contributed by atoms with E-state index in [1.54, 1.807) is 31.3 Å². The maximum absolute atomic E-state index is 12.4. The summed E-state index contributed by atoms with van der Waals surface area (Å²) in [4.78, 5) is 18.5. The molecule has 0 radical (unpaired) electrons. The molecule has 25 heavy (non-hydrogen) atoms. The van der Waals surface area contributed by atoms with Crippen molar-refractivity contribution in [3.05, 3.63) is 24.1 Å². The van der Waals surface area contributed by atoms with Crippen molar-refractivity contribution < 1.29 is 18.8 Å². The zero-order valence-corrected chi connectivity index (χ0v) is 15.6. The topological polar surface area (TPSA) is 77.7 Å². The molecule has 0 saturated heterocycles. The number of carbonyl (C=O) groups is 1. The molecular weight excluding hydrogens is 322 g/mol. The summed E-state index contributed by atoms with van der Waals surface area (Å²) in [5.74, 6) is 2.09. The van der Waals surface area contributed by atoms with E-state index in [4.69, 9.17) is 14.0 Å². The first-order chi connectivity index (χ1) is 11.8. The number of hydrogen-bond donors (Lipinski definition) is 0. The molecule has 0 unspecified atom stereocenters. The lowest BCUT2D eigenvalue weighted by atomic mass is 9.95. The van der Waals surface area contributed by atoms with Gasteiger partial charge in [-0.2, -0.15) is 4.98 Å². The summed E-state index contributed by atoms with van der Waals surface area (Å²) in [6, 6.07) is 5.39. The number of rotatable bonds is 6. The van der Waals surface area contributed by atoms with E-state index in [-0.39, 0.29) is 12.5 Å². The molecule has 1 aromatic heterocycles. The maximum atomic E-state index is 12.4. The molecule has 1 heterocycles. The number of amides is 1. The van der Waals surface area contributed by atoms with Crippen LogP contribution in [0.5, 0.6) is 11.5 Å². The van der Waals surface area contributed by atoms with Gasteiger partial charge in [0.15, 0.2) is 11.5 Å². The summed E-state index contributed by atoms with van der Waals surface area (Å²) in [6.07, 6.45) is 0. The highest BCUT2D eigenvalue weighted by molar-refractivity contribution is 5.81. The third kappa shape index (κ3) is 4.29. The van der Waals surface area contributed by atoms with E-state index in [1.807, 2.05) is 33.8 Å². The van der Waals surface area contributed by atoms with Crippen molar-refractivity contribution in [2.45, 2.75) is 34.2 Å². The Morgan fingerprint density at radius 2 is 1.88 bits per heavy atom. The van der Waals surface area contributed by atoms with Gasteiger partial charge >= 0.3 is 0 Å². The van der Waals surface area contributed by atoms with Crippen LogP contribution in [0.15, 0.2) is 22.7 Å². The van der Waals surface area contributed by atoms with Crippen LogP contribution in [-0.4, -0.2) is 41.7 Å². The fourth-order valence-electron chi connectivity index (χ4n) is 2.38. The Morgan fingerprint density at radius 1 is 1.20 bits per heavy atom. The molecule has 0 atom stereocenters. The summed E-state index contributed by atoms with van der Waals surface area (Å²) in [7, 11) is 3.15. The highest BCUT2D eigenvalue weighted by Gasteiger charge is 2.27. The van der Waals surface area contributed by atoms with Gasteiger partial charge in [0, 0.05) is 17.5 Å². The number of carbonyl (C=O) groups excluding carboxylic acids is 1. The summed E-state index contributed by atoms with van der Waals surface area (Å²) in [6.45, 7) is 8.45. The second-order valence-electron chi connectivity index (χ2n) is 6.65. The lowest BCUT2D eigenvalue weighted by Crippen LogP contribution is -2.38. The predicted molar refractivity (Wildman–Crippen MR) is 93.4 cm³/mol. The number of hydrogen-bond acceptors (Lipinski definition) is 6. The Hall–Kier alpha value is -2.57. The summed E-state index contributed by atoms with van der Waals surface area (Å²) in [5, 5.41) is 4.01. The third-order valence-corrected chi connectivity index (χ3v) is 3.75. The van der Waals surface area contributed by atoms with Crippen LogP contribution >= 0.6 is 0 Å². The van der Waals surface area contributed by atoms with Gasteiger partial charge < -0.3 is 18.9 Å². The molecule has 7 heteroatoms. The first-order valence-electron chi connectivity index (χ1n) is 8.14. The molecular formula is C18H25N3O4. The smallest absolute Gasteiger partial charge is 0.246 e. The molecule has 0 fully saturated rings. The molecule has 0 aliphatic carbocycles. The molecule has 136 valence electrons. The highest BCUT2D eigenvalue weighted by atomic mass is 16.5. The molecule has 7 nitrogen and oxygen atoms in total. The second-order valence-corrected chi connectivity index (χ2v) is 6.65. The van der Waals surface area contributed by atoms with E-state index in [1.165, 1.54) is 0 Å². The van der Waals surface area contributed by atoms with Crippen LogP contribution in [0.2, 0.25) is 0 Å². The van der Waals surface area contributed by atoms with Gasteiger partial charge in [-0.1, -0.05) is 25.9 Å². The van der Waals surface area contributed by atoms with Gasteiger partial charge in [0.1, 0.15) is 0 Å². The monoisotopic (exact) mass is 347 g/mol. The van der Waals surface area contributed by atoms with Gasteiger partial charge in [0.25, 0.3) is 0 Å². The minimum atomic E-state index is -0.456. The molecule has 0 aliphatic heterocycles. The number of nitrogens with zero attached hydrogens (tertiary/aromatic N) is 3. The van der Waals surface area contributed by atoms with E-state index < -0.39 is 5.41 Å². The minimum Gasteiger partial charge on any atom is -0.493 e. The van der Waals surface area contributed by atoms with Gasteiger partial charge in [-0.15, -0.1) is 0 Å². The van der Waals surface area contributed by atoms with E-state index in [0.29, 0.717) is 29.8 Å². The first kappa shape index (κ1) is 18.8. The molecule has 0 N–H and O–H groups in total. The van der Waals surface area contributed by atoms with Gasteiger partial charge in [-0.05, 0) is 25.1 Å². The van der Waals surface area contributed by atoms with Crippen molar-refractivity contribution in [2.24, 2.45) is 5.41 Å². The molecule has 0 bridgehead atoms. The second kappa shape index (κ2) is 7.55. The van der Waals surface area contributed by atoms with E-state index in [2.05, 4.69) is 10.1 Å². The van der Waals surface area contributed by atoms with Gasteiger partial charge in [-0.25, -0.2) is 0 Å².